The van der Waals surface area contributed by atoms with Crippen LogP contribution >= 0.6 is 0 Å². The number of ether oxygens (including phenoxy) is 1. The highest BCUT2D eigenvalue weighted by molar-refractivity contribution is 5.67. The summed E-state index contributed by atoms with van der Waals surface area (Å²) in [5, 5.41) is 19.4. The van der Waals surface area contributed by atoms with Gasteiger partial charge in [0.1, 0.15) is 11.3 Å². The van der Waals surface area contributed by atoms with E-state index in [4.69, 9.17) is 9.84 Å². The number of nitrogens with zero attached hydrogens (tertiary/aromatic N) is 2. The van der Waals surface area contributed by atoms with Crippen LogP contribution in [0.25, 0.3) is 0 Å². The molecule has 1 heterocycles. The van der Waals surface area contributed by atoms with Gasteiger partial charge in [0, 0.05) is 12.8 Å². The lowest BCUT2D eigenvalue weighted by Crippen LogP contribution is -2.37. The van der Waals surface area contributed by atoms with Gasteiger partial charge >= 0.3 is 6.09 Å². The normalized spacial score (nSPS) is 13.1. The zero-order valence-corrected chi connectivity index (χ0v) is 12.7. The highest BCUT2D eigenvalue weighted by Crippen LogP contribution is 2.25. The van der Waals surface area contributed by atoms with E-state index in [1.165, 1.54) is 6.07 Å². The number of alkyl halides is 2. The van der Waals surface area contributed by atoms with E-state index < -0.39 is 29.9 Å². The minimum atomic E-state index is -2.71. The predicted octanol–water partition coefficient (Wildman–Crippen LogP) is 3.07. The first kappa shape index (κ1) is 18.2. The van der Waals surface area contributed by atoms with E-state index in [0.29, 0.717) is 10.6 Å². The third kappa shape index (κ3) is 5.19. The van der Waals surface area contributed by atoms with Gasteiger partial charge in [-0.3, -0.25) is 10.2 Å². The first-order chi connectivity index (χ1) is 10.2. The fourth-order valence-electron chi connectivity index (χ4n) is 1.73. The lowest BCUT2D eigenvalue weighted by atomic mass is 10.1. The van der Waals surface area contributed by atoms with E-state index >= 15 is 0 Å². The van der Waals surface area contributed by atoms with Gasteiger partial charge in [0.05, 0.1) is 6.04 Å². The molecule has 0 saturated carbocycles. The summed E-state index contributed by atoms with van der Waals surface area (Å²) in [6.45, 7) is 4.59. The Balaban J connectivity index is 2.94. The molecule has 22 heavy (non-hydrogen) atoms. The molecule has 1 rings (SSSR count). The Morgan fingerprint density at radius 2 is 2.05 bits per heavy atom. The molecule has 0 unspecified atom stereocenters. The summed E-state index contributed by atoms with van der Waals surface area (Å²) in [5.74, 6) is 0. The molecule has 6 nitrogen and oxygen atoms in total. The molecule has 1 amide bonds. The second-order valence-corrected chi connectivity index (χ2v) is 5.67. The van der Waals surface area contributed by atoms with Crippen LogP contribution in [-0.4, -0.2) is 38.7 Å². The quantitative estimate of drug-likeness (QED) is 0.644. The zero-order valence-electron chi connectivity index (χ0n) is 12.7. The topological polar surface area (TPSA) is 82.9 Å². The molecule has 124 valence electrons. The first-order valence-corrected chi connectivity index (χ1v) is 6.71. The van der Waals surface area contributed by atoms with Crippen molar-refractivity contribution in [1.29, 1.82) is 0 Å². The number of pyridine rings is 1. The summed E-state index contributed by atoms with van der Waals surface area (Å²) in [6.07, 6.45) is -2.56. The average Bonchev–Trinajstić information content (AvgIpc) is 2.42. The molecule has 0 aliphatic heterocycles. The number of hydrogen-bond acceptors (Lipinski definition) is 5. The number of carbonyl (C=O) groups is 1. The lowest BCUT2D eigenvalue weighted by molar-refractivity contribution is -0.125. The molecule has 1 atom stereocenters. The van der Waals surface area contributed by atoms with Gasteiger partial charge in [-0.15, -0.1) is 0 Å². The Kier molecular flexibility index (Phi) is 6.19. The van der Waals surface area contributed by atoms with Gasteiger partial charge in [-0.1, -0.05) is 6.07 Å². The van der Waals surface area contributed by atoms with Crippen LogP contribution in [-0.2, 0) is 4.74 Å². The van der Waals surface area contributed by atoms with E-state index in [2.05, 4.69) is 4.98 Å². The van der Waals surface area contributed by atoms with Crippen molar-refractivity contribution in [2.45, 2.75) is 45.3 Å². The van der Waals surface area contributed by atoms with Gasteiger partial charge in [0.2, 0.25) is 0 Å². The van der Waals surface area contributed by atoms with Gasteiger partial charge in [-0.05, 0) is 38.8 Å². The molecule has 1 aromatic heterocycles. The molecule has 0 radical (unpaired) electrons. The van der Waals surface area contributed by atoms with Crippen LogP contribution in [0.15, 0.2) is 18.3 Å². The minimum absolute atomic E-state index is 0.00540. The second-order valence-electron chi connectivity index (χ2n) is 5.67. The maximum Gasteiger partial charge on any atom is 0.434 e. The van der Waals surface area contributed by atoms with Crippen molar-refractivity contribution in [3.63, 3.8) is 0 Å². The van der Waals surface area contributed by atoms with Crippen molar-refractivity contribution < 1.29 is 28.6 Å². The fourth-order valence-corrected chi connectivity index (χ4v) is 1.73. The molecule has 8 heteroatoms. The maximum absolute atomic E-state index is 12.5. The number of halogens is 2. The van der Waals surface area contributed by atoms with Gasteiger partial charge in [0.15, 0.2) is 0 Å². The van der Waals surface area contributed by atoms with Crippen LogP contribution in [0.2, 0.25) is 0 Å². The Bertz CT molecular complexity index is 489. The number of aliphatic hydroxyl groups excluding tert-OH is 1. The Morgan fingerprint density at radius 1 is 1.41 bits per heavy atom. The fraction of sp³-hybridized carbons (Fsp3) is 0.571. The smallest absolute Gasteiger partial charge is 0.434 e. The molecule has 0 spiro atoms. The van der Waals surface area contributed by atoms with Crippen molar-refractivity contribution >= 4 is 6.09 Å². The number of aromatic nitrogens is 1. The number of amides is 1. The van der Waals surface area contributed by atoms with Gasteiger partial charge < -0.3 is 9.84 Å². The molecular formula is C14H20F2N2O4. The molecule has 0 fully saturated rings. The molecule has 0 saturated heterocycles. The SMILES string of the molecule is CC(C)(C)OC(=O)N(O)[C@@H](CCO)c1ccc(C(F)F)nc1. The van der Waals surface area contributed by atoms with Crippen LogP contribution in [0.1, 0.15) is 50.9 Å². The third-order valence-corrected chi connectivity index (χ3v) is 2.70. The van der Waals surface area contributed by atoms with Crippen LogP contribution < -0.4 is 0 Å². The number of aliphatic hydroxyl groups is 1. The highest BCUT2D eigenvalue weighted by Gasteiger charge is 2.28. The van der Waals surface area contributed by atoms with E-state index in [0.717, 1.165) is 12.3 Å². The summed E-state index contributed by atoms with van der Waals surface area (Å²) in [6, 6.07) is 1.48. The van der Waals surface area contributed by atoms with Crippen molar-refractivity contribution in [2.75, 3.05) is 6.61 Å². The van der Waals surface area contributed by atoms with Gasteiger partial charge in [-0.25, -0.2) is 13.6 Å². The van der Waals surface area contributed by atoms with E-state index in [1.54, 1.807) is 20.8 Å². The average molecular weight is 318 g/mol. The predicted molar refractivity (Wildman–Crippen MR) is 73.5 cm³/mol. The van der Waals surface area contributed by atoms with Crippen molar-refractivity contribution in [1.82, 2.24) is 10.0 Å². The Labute approximate surface area is 127 Å². The molecule has 0 bridgehead atoms. The van der Waals surface area contributed by atoms with Crippen molar-refractivity contribution in [3.05, 3.63) is 29.6 Å². The molecule has 0 aromatic carbocycles. The minimum Gasteiger partial charge on any atom is -0.442 e. The van der Waals surface area contributed by atoms with Gasteiger partial charge in [0.25, 0.3) is 6.43 Å². The zero-order chi connectivity index (χ0) is 16.9. The summed E-state index contributed by atoms with van der Waals surface area (Å²) in [4.78, 5) is 15.4. The first-order valence-electron chi connectivity index (χ1n) is 6.71. The molecule has 0 aliphatic rings. The monoisotopic (exact) mass is 318 g/mol. The standard InChI is InChI=1S/C14H20F2N2O4/c1-14(2,3)22-13(20)18(21)11(6-7-19)9-4-5-10(12(15)16)17-8-9/h4-5,8,11-12,19,21H,6-7H2,1-3H3/t11-/m0/s1. The van der Waals surface area contributed by atoms with Crippen LogP contribution in [0.3, 0.4) is 0 Å². The van der Waals surface area contributed by atoms with E-state index in [9.17, 15) is 18.8 Å². The third-order valence-electron chi connectivity index (χ3n) is 2.70. The van der Waals surface area contributed by atoms with Crippen LogP contribution in [0, 0.1) is 0 Å². The number of hydroxylamine groups is 2. The van der Waals surface area contributed by atoms with Crippen LogP contribution in [0.4, 0.5) is 13.6 Å². The number of carbonyl (C=O) groups excluding carboxylic acids is 1. The lowest BCUT2D eigenvalue weighted by Gasteiger charge is -2.28. The van der Waals surface area contributed by atoms with E-state index in [1.807, 2.05) is 0 Å². The molecule has 0 aliphatic carbocycles. The maximum atomic E-state index is 12.5. The van der Waals surface area contributed by atoms with Crippen LogP contribution in [0.5, 0.6) is 0 Å². The Hall–Kier alpha value is -1.80. The van der Waals surface area contributed by atoms with Crippen molar-refractivity contribution in [3.8, 4) is 0 Å². The van der Waals surface area contributed by atoms with E-state index in [-0.39, 0.29) is 13.0 Å². The summed E-state index contributed by atoms with van der Waals surface area (Å²) in [5.41, 5.74) is -0.903. The molecule has 2 N–H and O–H groups in total. The summed E-state index contributed by atoms with van der Waals surface area (Å²) < 4.78 is 30.0. The summed E-state index contributed by atoms with van der Waals surface area (Å²) >= 11 is 0. The van der Waals surface area contributed by atoms with Gasteiger partial charge in [-0.2, -0.15) is 5.06 Å². The molecular weight excluding hydrogens is 298 g/mol. The largest absolute Gasteiger partial charge is 0.442 e. The Morgan fingerprint density at radius 3 is 2.45 bits per heavy atom. The summed E-state index contributed by atoms with van der Waals surface area (Å²) in [7, 11) is 0. The number of rotatable bonds is 5. The second kappa shape index (κ2) is 7.46. The number of hydrogen-bond donors (Lipinski definition) is 2. The van der Waals surface area contributed by atoms with Crippen molar-refractivity contribution in [2.24, 2.45) is 0 Å². The highest BCUT2D eigenvalue weighted by atomic mass is 19.3. The molecule has 1 aromatic rings.